The monoisotopic (exact) mass is 458 g/mol. The third-order valence-corrected chi connectivity index (χ3v) is 4.73. The van der Waals surface area contributed by atoms with Crippen molar-refractivity contribution < 1.29 is 22.3 Å². The molecule has 0 aliphatic rings. The third kappa shape index (κ3) is 4.11. The van der Waals surface area contributed by atoms with Crippen LogP contribution in [0.3, 0.4) is 0 Å². The Bertz CT molecular complexity index is 830. The summed E-state index contributed by atoms with van der Waals surface area (Å²) < 4.78 is 57.9. The number of rotatable bonds is 5. The average Bonchev–Trinajstić information content (AvgIpc) is 2.82. The maximum atomic E-state index is 13.5. The standard InChI is InChI=1S/C15H9BrCl2F4N2O/c16-12-9(6-23)13(8-1-2-10(17)11(18)5-8)24(7-25-4-3-19)14(12)15(20,21)22/h1-2,5H,3-4,7H2. The van der Waals surface area contributed by atoms with Crippen molar-refractivity contribution in [3.8, 4) is 17.3 Å². The van der Waals surface area contributed by atoms with Crippen LogP contribution in [0.15, 0.2) is 22.7 Å². The molecule has 2 aromatic rings. The molecule has 2 rings (SSSR count). The summed E-state index contributed by atoms with van der Waals surface area (Å²) in [5.41, 5.74) is -1.16. The first-order valence-electron chi connectivity index (χ1n) is 6.70. The molecule has 0 N–H and O–H groups in total. The number of hydrogen-bond donors (Lipinski definition) is 0. The highest BCUT2D eigenvalue weighted by molar-refractivity contribution is 9.10. The van der Waals surface area contributed by atoms with E-state index in [-0.39, 0.29) is 33.5 Å². The van der Waals surface area contributed by atoms with Crippen molar-refractivity contribution in [3.63, 3.8) is 0 Å². The fourth-order valence-electron chi connectivity index (χ4n) is 2.25. The molecule has 0 spiro atoms. The molecular formula is C15H9BrCl2F4N2O. The maximum absolute atomic E-state index is 13.5. The van der Waals surface area contributed by atoms with E-state index >= 15 is 0 Å². The molecule has 0 bridgehead atoms. The average molecular weight is 460 g/mol. The molecule has 1 aromatic carbocycles. The van der Waals surface area contributed by atoms with Gasteiger partial charge in [0.2, 0.25) is 0 Å². The number of nitrogens with zero attached hydrogens (tertiary/aromatic N) is 2. The van der Waals surface area contributed by atoms with Gasteiger partial charge in [0.05, 0.1) is 32.4 Å². The lowest BCUT2D eigenvalue weighted by Gasteiger charge is -2.16. The van der Waals surface area contributed by atoms with Crippen LogP contribution in [0.4, 0.5) is 17.6 Å². The molecule has 10 heteroatoms. The summed E-state index contributed by atoms with van der Waals surface area (Å²) >= 11 is 14.6. The Morgan fingerprint density at radius 2 is 1.92 bits per heavy atom. The Kier molecular flexibility index (Phi) is 6.38. The van der Waals surface area contributed by atoms with Crippen molar-refractivity contribution in [2.45, 2.75) is 12.9 Å². The Hall–Kier alpha value is -1.27. The normalized spacial score (nSPS) is 11.6. The predicted molar refractivity (Wildman–Crippen MR) is 89.2 cm³/mol. The molecule has 3 nitrogen and oxygen atoms in total. The second-order valence-corrected chi connectivity index (χ2v) is 6.39. The predicted octanol–water partition coefficient (Wildman–Crippen LogP) is 6.06. The highest BCUT2D eigenvalue weighted by Gasteiger charge is 2.40. The Labute approximate surface area is 158 Å². The number of nitriles is 1. The second kappa shape index (κ2) is 7.96. The molecule has 0 fully saturated rings. The molecule has 25 heavy (non-hydrogen) atoms. The number of benzene rings is 1. The zero-order chi connectivity index (χ0) is 18.8. The van der Waals surface area contributed by atoms with Gasteiger partial charge < -0.3 is 9.30 Å². The highest BCUT2D eigenvalue weighted by Crippen LogP contribution is 2.43. The van der Waals surface area contributed by atoms with Crippen molar-refractivity contribution in [2.24, 2.45) is 0 Å². The minimum atomic E-state index is -4.77. The number of halogens is 7. The van der Waals surface area contributed by atoms with Gasteiger partial charge >= 0.3 is 6.18 Å². The van der Waals surface area contributed by atoms with Gasteiger partial charge in [-0.2, -0.15) is 18.4 Å². The van der Waals surface area contributed by atoms with Crippen molar-refractivity contribution in [1.82, 2.24) is 4.57 Å². The number of alkyl halides is 4. The molecule has 1 heterocycles. The lowest BCUT2D eigenvalue weighted by Crippen LogP contribution is -2.17. The highest BCUT2D eigenvalue weighted by atomic mass is 79.9. The first-order chi connectivity index (χ1) is 11.7. The van der Waals surface area contributed by atoms with Crippen molar-refractivity contribution in [1.29, 1.82) is 5.26 Å². The summed E-state index contributed by atoms with van der Waals surface area (Å²) in [5.74, 6) is 0. The molecule has 0 amide bonds. The van der Waals surface area contributed by atoms with E-state index in [1.165, 1.54) is 18.2 Å². The lowest BCUT2D eigenvalue weighted by molar-refractivity contribution is -0.146. The van der Waals surface area contributed by atoms with Crippen LogP contribution in [-0.4, -0.2) is 17.8 Å². The zero-order valence-electron chi connectivity index (χ0n) is 12.3. The van der Waals surface area contributed by atoms with Crippen molar-refractivity contribution >= 4 is 39.1 Å². The molecular weight excluding hydrogens is 451 g/mol. The summed E-state index contributed by atoms with van der Waals surface area (Å²) in [6.45, 7) is -1.82. The van der Waals surface area contributed by atoms with Crippen LogP contribution in [0.1, 0.15) is 11.3 Å². The Morgan fingerprint density at radius 3 is 2.44 bits per heavy atom. The number of hydrogen-bond acceptors (Lipinski definition) is 2. The minimum absolute atomic E-state index is 0.0564. The topological polar surface area (TPSA) is 38.0 Å². The Morgan fingerprint density at radius 1 is 1.24 bits per heavy atom. The molecule has 134 valence electrons. The van der Waals surface area contributed by atoms with Gasteiger partial charge in [-0.3, -0.25) is 0 Å². The lowest BCUT2D eigenvalue weighted by atomic mass is 10.1. The van der Waals surface area contributed by atoms with Gasteiger partial charge in [0.25, 0.3) is 0 Å². The van der Waals surface area contributed by atoms with Gasteiger partial charge in [0.15, 0.2) is 0 Å². The van der Waals surface area contributed by atoms with Crippen LogP contribution in [0.25, 0.3) is 11.3 Å². The smallest absolute Gasteiger partial charge is 0.358 e. The van der Waals surface area contributed by atoms with E-state index in [1.807, 2.05) is 0 Å². The molecule has 0 saturated heterocycles. The number of aromatic nitrogens is 1. The molecule has 1 aromatic heterocycles. The van der Waals surface area contributed by atoms with Crippen LogP contribution in [0, 0.1) is 11.3 Å². The van der Waals surface area contributed by atoms with Crippen LogP contribution >= 0.6 is 39.1 Å². The van der Waals surface area contributed by atoms with Crippen LogP contribution in [-0.2, 0) is 17.6 Å². The minimum Gasteiger partial charge on any atom is -0.358 e. The van der Waals surface area contributed by atoms with Gasteiger partial charge in [-0.25, -0.2) is 4.39 Å². The van der Waals surface area contributed by atoms with Crippen LogP contribution in [0.5, 0.6) is 0 Å². The van der Waals surface area contributed by atoms with Gasteiger partial charge in [-0.15, -0.1) is 0 Å². The van der Waals surface area contributed by atoms with Gasteiger partial charge in [0, 0.05) is 5.56 Å². The zero-order valence-corrected chi connectivity index (χ0v) is 15.4. The van der Waals surface area contributed by atoms with E-state index in [4.69, 9.17) is 27.9 Å². The van der Waals surface area contributed by atoms with E-state index in [9.17, 15) is 22.8 Å². The van der Waals surface area contributed by atoms with Crippen molar-refractivity contribution in [2.75, 3.05) is 13.3 Å². The van der Waals surface area contributed by atoms with E-state index in [2.05, 4.69) is 15.9 Å². The third-order valence-electron chi connectivity index (χ3n) is 3.22. The van der Waals surface area contributed by atoms with Gasteiger partial charge in [0.1, 0.15) is 25.2 Å². The quantitative estimate of drug-likeness (QED) is 0.402. The fraction of sp³-hybridized carbons (Fsp3) is 0.267. The maximum Gasteiger partial charge on any atom is 0.432 e. The molecule has 0 unspecified atom stereocenters. The molecule has 0 radical (unpaired) electrons. The van der Waals surface area contributed by atoms with Gasteiger partial charge in [-0.05, 0) is 28.1 Å². The van der Waals surface area contributed by atoms with E-state index in [1.54, 1.807) is 6.07 Å². The second-order valence-electron chi connectivity index (χ2n) is 4.78. The van der Waals surface area contributed by atoms with Crippen molar-refractivity contribution in [3.05, 3.63) is 44.0 Å². The summed E-state index contributed by atoms with van der Waals surface area (Å²) in [5, 5.41) is 9.67. The Balaban J connectivity index is 2.75. The summed E-state index contributed by atoms with van der Waals surface area (Å²) in [7, 11) is 0. The molecule has 0 aliphatic carbocycles. The molecule has 0 aliphatic heterocycles. The van der Waals surface area contributed by atoms with E-state index in [0.717, 1.165) is 4.57 Å². The fourth-order valence-corrected chi connectivity index (χ4v) is 3.26. The van der Waals surface area contributed by atoms with E-state index < -0.39 is 29.7 Å². The summed E-state index contributed by atoms with van der Waals surface area (Å²) in [6, 6.07) is 5.93. The number of ether oxygens (including phenoxy) is 1. The SMILES string of the molecule is N#Cc1c(Br)c(C(F)(F)F)n(COCCF)c1-c1ccc(Cl)c(Cl)c1. The molecule has 0 saturated carbocycles. The first-order valence-corrected chi connectivity index (χ1v) is 8.25. The van der Waals surface area contributed by atoms with Crippen LogP contribution < -0.4 is 0 Å². The van der Waals surface area contributed by atoms with Gasteiger partial charge in [-0.1, -0.05) is 29.3 Å². The first kappa shape index (κ1) is 20.0. The largest absolute Gasteiger partial charge is 0.432 e. The van der Waals surface area contributed by atoms with Crippen LogP contribution in [0.2, 0.25) is 10.0 Å². The van der Waals surface area contributed by atoms with E-state index in [0.29, 0.717) is 0 Å². The summed E-state index contributed by atoms with van der Waals surface area (Å²) in [6.07, 6.45) is -4.77. The summed E-state index contributed by atoms with van der Waals surface area (Å²) in [4.78, 5) is 0. The molecule has 0 atom stereocenters.